The van der Waals surface area contributed by atoms with Gasteiger partial charge in [0.25, 0.3) is 10.0 Å². The number of anilines is 2. The summed E-state index contributed by atoms with van der Waals surface area (Å²) >= 11 is 0. The van der Waals surface area contributed by atoms with Gasteiger partial charge in [0.05, 0.1) is 11.4 Å². The van der Waals surface area contributed by atoms with E-state index in [-0.39, 0.29) is 16.6 Å². The standard InChI is InChI=1S/C13H11F3N2O2S/c1-7-2-3-13(11(17)4-7)21(19,20)18-12-6-9(15)8(14)5-10(12)16/h2-6,18H,17H2,1H3. The van der Waals surface area contributed by atoms with Crippen LogP contribution in [0.25, 0.3) is 0 Å². The first-order valence-corrected chi connectivity index (χ1v) is 7.22. The van der Waals surface area contributed by atoms with Crippen LogP contribution in [0, 0.1) is 24.4 Å². The molecule has 112 valence electrons. The lowest BCUT2D eigenvalue weighted by Gasteiger charge is -2.11. The fraction of sp³-hybridized carbons (Fsp3) is 0.0769. The number of rotatable bonds is 3. The molecule has 0 aliphatic carbocycles. The number of nitrogens with one attached hydrogen (secondary N) is 1. The van der Waals surface area contributed by atoms with E-state index in [1.54, 1.807) is 6.92 Å². The van der Waals surface area contributed by atoms with E-state index in [0.717, 1.165) is 5.56 Å². The fourth-order valence-electron chi connectivity index (χ4n) is 1.71. The highest BCUT2D eigenvalue weighted by molar-refractivity contribution is 7.92. The molecule has 0 fully saturated rings. The molecule has 2 rings (SSSR count). The Morgan fingerprint density at radius 1 is 1.00 bits per heavy atom. The maximum absolute atomic E-state index is 13.5. The van der Waals surface area contributed by atoms with E-state index in [2.05, 4.69) is 0 Å². The second-order valence-electron chi connectivity index (χ2n) is 4.39. The molecule has 0 radical (unpaired) electrons. The zero-order valence-corrected chi connectivity index (χ0v) is 11.6. The lowest BCUT2D eigenvalue weighted by molar-refractivity contribution is 0.496. The summed E-state index contributed by atoms with van der Waals surface area (Å²) in [6.45, 7) is 1.72. The molecule has 0 amide bonds. The molecule has 0 atom stereocenters. The fourth-order valence-corrected chi connectivity index (χ4v) is 2.89. The Morgan fingerprint density at radius 2 is 1.62 bits per heavy atom. The minimum Gasteiger partial charge on any atom is -0.398 e. The Morgan fingerprint density at radius 3 is 2.24 bits per heavy atom. The van der Waals surface area contributed by atoms with Crippen LogP contribution in [0.15, 0.2) is 35.2 Å². The maximum atomic E-state index is 13.5. The molecule has 0 aliphatic heterocycles. The van der Waals surface area contributed by atoms with Gasteiger partial charge in [0.2, 0.25) is 0 Å². The van der Waals surface area contributed by atoms with Crippen molar-refractivity contribution in [3.63, 3.8) is 0 Å². The molecule has 0 unspecified atom stereocenters. The number of halogens is 3. The minimum atomic E-state index is -4.22. The SMILES string of the molecule is Cc1ccc(S(=O)(=O)Nc2cc(F)c(F)cc2F)c(N)c1. The molecule has 8 heteroatoms. The van der Waals surface area contributed by atoms with Crippen molar-refractivity contribution in [3.8, 4) is 0 Å². The monoisotopic (exact) mass is 316 g/mol. The van der Waals surface area contributed by atoms with Gasteiger partial charge in [-0.1, -0.05) is 6.07 Å². The molecule has 0 aromatic heterocycles. The molecule has 2 aromatic carbocycles. The number of nitrogens with two attached hydrogens (primary N) is 1. The van der Waals surface area contributed by atoms with E-state index >= 15 is 0 Å². The Hall–Kier alpha value is -2.22. The predicted octanol–water partition coefficient (Wildman–Crippen LogP) is 2.80. The van der Waals surface area contributed by atoms with Gasteiger partial charge in [-0.2, -0.15) is 0 Å². The molecular weight excluding hydrogens is 305 g/mol. The van der Waals surface area contributed by atoms with Crippen molar-refractivity contribution in [1.29, 1.82) is 0 Å². The average molecular weight is 316 g/mol. The second-order valence-corrected chi connectivity index (χ2v) is 6.04. The van der Waals surface area contributed by atoms with Crippen molar-refractivity contribution in [3.05, 3.63) is 53.3 Å². The van der Waals surface area contributed by atoms with E-state index in [4.69, 9.17) is 5.73 Å². The quantitative estimate of drug-likeness (QED) is 0.675. The highest BCUT2D eigenvalue weighted by Gasteiger charge is 2.20. The first-order valence-electron chi connectivity index (χ1n) is 5.74. The Bertz CT molecular complexity index is 807. The third-order valence-electron chi connectivity index (χ3n) is 2.71. The van der Waals surface area contributed by atoms with Crippen LogP contribution in [0.2, 0.25) is 0 Å². The lowest BCUT2D eigenvalue weighted by atomic mass is 10.2. The van der Waals surface area contributed by atoms with E-state index in [0.29, 0.717) is 6.07 Å². The lowest BCUT2D eigenvalue weighted by Crippen LogP contribution is -2.16. The topological polar surface area (TPSA) is 72.2 Å². The predicted molar refractivity (Wildman–Crippen MR) is 72.7 cm³/mol. The number of hydrogen-bond acceptors (Lipinski definition) is 3. The molecule has 4 nitrogen and oxygen atoms in total. The summed E-state index contributed by atoms with van der Waals surface area (Å²) in [7, 11) is -4.22. The third-order valence-corrected chi connectivity index (χ3v) is 4.15. The zero-order valence-electron chi connectivity index (χ0n) is 10.8. The highest BCUT2D eigenvalue weighted by atomic mass is 32.2. The van der Waals surface area contributed by atoms with Crippen molar-refractivity contribution in [2.75, 3.05) is 10.5 Å². The summed E-state index contributed by atoms with van der Waals surface area (Å²) in [5.41, 5.74) is 5.61. The normalized spacial score (nSPS) is 11.4. The Balaban J connectivity index is 2.45. The molecular formula is C13H11F3N2O2S. The summed E-state index contributed by atoms with van der Waals surface area (Å²) in [5, 5.41) is 0. The molecule has 2 aromatic rings. The summed E-state index contributed by atoms with van der Waals surface area (Å²) in [6, 6.07) is 4.85. The van der Waals surface area contributed by atoms with E-state index in [1.807, 2.05) is 4.72 Å². The molecule has 0 saturated carbocycles. The number of hydrogen-bond donors (Lipinski definition) is 2. The first-order chi connectivity index (χ1) is 9.70. The van der Waals surface area contributed by atoms with Crippen LogP contribution in [0.3, 0.4) is 0 Å². The van der Waals surface area contributed by atoms with Crippen LogP contribution >= 0.6 is 0 Å². The van der Waals surface area contributed by atoms with Gasteiger partial charge in [-0.15, -0.1) is 0 Å². The van der Waals surface area contributed by atoms with Crippen molar-refractivity contribution in [1.82, 2.24) is 0 Å². The van der Waals surface area contributed by atoms with E-state index < -0.39 is 33.2 Å². The second kappa shape index (κ2) is 5.28. The minimum absolute atomic E-state index is 0.0366. The number of nitrogen functional groups attached to an aromatic ring is 1. The van der Waals surface area contributed by atoms with Crippen molar-refractivity contribution in [2.45, 2.75) is 11.8 Å². The largest absolute Gasteiger partial charge is 0.398 e. The number of benzene rings is 2. The van der Waals surface area contributed by atoms with Gasteiger partial charge >= 0.3 is 0 Å². The van der Waals surface area contributed by atoms with Crippen LogP contribution in [0.1, 0.15) is 5.56 Å². The number of sulfonamides is 1. The van der Waals surface area contributed by atoms with Crippen LogP contribution in [-0.4, -0.2) is 8.42 Å². The zero-order chi connectivity index (χ0) is 15.8. The molecule has 0 heterocycles. The van der Waals surface area contributed by atoms with Gasteiger partial charge in [0.15, 0.2) is 11.6 Å². The van der Waals surface area contributed by atoms with E-state index in [9.17, 15) is 21.6 Å². The van der Waals surface area contributed by atoms with Crippen molar-refractivity contribution < 1.29 is 21.6 Å². The Labute approximate surface area is 119 Å². The highest BCUT2D eigenvalue weighted by Crippen LogP contribution is 2.25. The van der Waals surface area contributed by atoms with Crippen LogP contribution in [0.5, 0.6) is 0 Å². The summed E-state index contributed by atoms with van der Waals surface area (Å²) in [5.74, 6) is -4.01. The van der Waals surface area contributed by atoms with Crippen LogP contribution < -0.4 is 10.5 Å². The third kappa shape index (κ3) is 3.10. The van der Waals surface area contributed by atoms with E-state index in [1.165, 1.54) is 18.2 Å². The van der Waals surface area contributed by atoms with Crippen molar-refractivity contribution >= 4 is 21.4 Å². The molecule has 3 N–H and O–H groups in total. The molecule has 0 spiro atoms. The first kappa shape index (κ1) is 15.2. The smallest absolute Gasteiger partial charge is 0.264 e. The molecule has 21 heavy (non-hydrogen) atoms. The maximum Gasteiger partial charge on any atom is 0.264 e. The summed E-state index contributed by atoms with van der Waals surface area (Å²) in [6.07, 6.45) is 0. The van der Waals surface area contributed by atoms with Gasteiger partial charge < -0.3 is 5.73 Å². The van der Waals surface area contributed by atoms with Gasteiger partial charge in [-0.25, -0.2) is 21.6 Å². The van der Waals surface area contributed by atoms with Gasteiger partial charge in [0.1, 0.15) is 10.7 Å². The van der Waals surface area contributed by atoms with Crippen LogP contribution in [-0.2, 0) is 10.0 Å². The van der Waals surface area contributed by atoms with Gasteiger partial charge in [-0.3, -0.25) is 4.72 Å². The molecule has 0 bridgehead atoms. The molecule has 0 saturated heterocycles. The average Bonchev–Trinajstić information content (AvgIpc) is 2.35. The van der Waals surface area contributed by atoms with Gasteiger partial charge in [-0.05, 0) is 24.6 Å². The summed E-state index contributed by atoms with van der Waals surface area (Å²) in [4.78, 5) is -0.280. The molecule has 0 aliphatic rings. The van der Waals surface area contributed by atoms with Crippen molar-refractivity contribution in [2.24, 2.45) is 0 Å². The van der Waals surface area contributed by atoms with Crippen LogP contribution in [0.4, 0.5) is 24.5 Å². The number of aryl methyl sites for hydroxylation is 1. The Kier molecular flexibility index (Phi) is 3.82. The van der Waals surface area contributed by atoms with Gasteiger partial charge in [0, 0.05) is 12.1 Å². The summed E-state index contributed by atoms with van der Waals surface area (Å²) < 4.78 is 65.4.